The summed E-state index contributed by atoms with van der Waals surface area (Å²) in [6, 6.07) is 2.15. The molecule has 1 saturated carbocycles. The Morgan fingerprint density at radius 2 is 2.00 bits per heavy atom. The van der Waals surface area contributed by atoms with Gasteiger partial charge in [0.15, 0.2) is 0 Å². The van der Waals surface area contributed by atoms with Crippen molar-refractivity contribution < 1.29 is 5.11 Å². The first kappa shape index (κ1) is 12.5. The van der Waals surface area contributed by atoms with Crippen LogP contribution < -0.4 is 5.32 Å². The number of nitriles is 1. The number of rotatable bonds is 6. The van der Waals surface area contributed by atoms with E-state index in [2.05, 4.69) is 11.4 Å². The number of aliphatic hydroxyl groups is 1. The zero-order chi connectivity index (χ0) is 10.9. The van der Waals surface area contributed by atoms with Crippen LogP contribution in [0.1, 0.15) is 38.5 Å². The van der Waals surface area contributed by atoms with Gasteiger partial charge in [-0.2, -0.15) is 5.26 Å². The van der Waals surface area contributed by atoms with Gasteiger partial charge in [0, 0.05) is 13.0 Å². The standard InChI is InChI=1S/C12H22N2O/c13-7-3-4-8-14-9-11-5-1-2-6-12(11)10-15/h11-12,14-15H,1-6,8-10H2. The molecule has 3 heteroatoms. The summed E-state index contributed by atoms with van der Waals surface area (Å²) in [6.45, 7) is 2.28. The maximum absolute atomic E-state index is 9.23. The Kier molecular flexibility index (Phi) is 6.38. The van der Waals surface area contributed by atoms with Gasteiger partial charge in [-0.25, -0.2) is 0 Å². The van der Waals surface area contributed by atoms with Crippen LogP contribution in [0, 0.1) is 23.2 Å². The molecule has 86 valence electrons. The molecule has 2 atom stereocenters. The monoisotopic (exact) mass is 210 g/mol. The second kappa shape index (κ2) is 7.67. The van der Waals surface area contributed by atoms with E-state index < -0.39 is 0 Å². The molecule has 0 aromatic heterocycles. The van der Waals surface area contributed by atoms with Crippen molar-refractivity contribution in [2.24, 2.45) is 11.8 Å². The Bertz CT molecular complexity index is 200. The number of unbranched alkanes of at least 4 members (excludes halogenated alkanes) is 1. The van der Waals surface area contributed by atoms with Gasteiger partial charge in [0.05, 0.1) is 6.07 Å². The largest absolute Gasteiger partial charge is 0.396 e. The van der Waals surface area contributed by atoms with Crippen molar-refractivity contribution in [1.82, 2.24) is 5.32 Å². The van der Waals surface area contributed by atoms with Gasteiger partial charge in [-0.1, -0.05) is 12.8 Å². The lowest BCUT2D eigenvalue weighted by Crippen LogP contribution is -2.32. The highest BCUT2D eigenvalue weighted by Gasteiger charge is 2.23. The molecule has 1 aliphatic rings. The fourth-order valence-corrected chi connectivity index (χ4v) is 2.37. The first-order valence-electron chi connectivity index (χ1n) is 6.07. The van der Waals surface area contributed by atoms with Gasteiger partial charge in [-0.15, -0.1) is 0 Å². The quantitative estimate of drug-likeness (QED) is 0.656. The Labute approximate surface area is 92.5 Å². The number of hydrogen-bond acceptors (Lipinski definition) is 3. The lowest BCUT2D eigenvalue weighted by atomic mass is 9.79. The van der Waals surface area contributed by atoms with E-state index in [-0.39, 0.29) is 0 Å². The van der Waals surface area contributed by atoms with Gasteiger partial charge in [0.2, 0.25) is 0 Å². The summed E-state index contributed by atoms with van der Waals surface area (Å²) >= 11 is 0. The number of nitrogens with one attached hydrogen (secondary N) is 1. The fraction of sp³-hybridized carbons (Fsp3) is 0.917. The molecule has 1 rings (SSSR count). The average Bonchev–Trinajstić information content (AvgIpc) is 2.29. The van der Waals surface area contributed by atoms with Gasteiger partial charge in [0.25, 0.3) is 0 Å². The molecule has 1 fully saturated rings. The summed E-state index contributed by atoms with van der Waals surface area (Å²) in [5.74, 6) is 1.15. The first-order valence-corrected chi connectivity index (χ1v) is 6.07. The lowest BCUT2D eigenvalue weighted by molar-refractivity contribution is 0.133. The zero-order valence-corrected chi connectivity index (χ0v) is 9.41. The average molecular weight is 210 g/mol. The molecule has 0 heterocycles. The van der Waals surface area contributed by atoms with E-state index in [1.54, 1.807) is 0 Å². The van der Waals surface area contributed by atoms with Gasteiger partial charge in [-0.05, 0) is 44.2 Å². The summed E-state index contributed by atoms with van der Waals surface area (Å²) in [5.41, 5.74) is 0. The molecule has 0 spiro atoms. The molecule has 0 saturated heterocycles. The summed E-state index contributed by atoms with van der Waals surface area (Å²) in [6.07, 6.45) is 6.59. The SMILES string of the molecule is N#CCCCNCC1CCCCC1CO. The van der Waals surface area contributed by atoms with Crippen LogP contribution >= 0.6 is 0 Å². The van der Waals surface area contributed by atoms with Crippen molar-refractivity contribution in [1.29, 1.82) is 5.26 Å². The molecule has 2 N–H and O–H groups in total. The van der Waals surface area contributed by atoms with Crippen LogP contribution in [0.4, 0.5) is 0 Å². The third-order valence-electron chi connectivity index (χ3n) is 3.35. The highest BCUT2D eigenvalue weighted by molar-refractivity contribution is 4.77. The van der Waals surface area contributed by atoms with Crippen LogP contribution in [-0.4, -0.2) is 24.8 Å². The summed E-state index contributed by atoms with van der Waals surface area (Å²) in [4.78, 5) is 0. The van der Waals surface area contributed by atoms with Crippen LogP contribution in [0.2, 0.25) is 0 Å². The molecule has 0 radical (unpaired) electrons. The van der Waals surface area contributed by atoms with Crippen molar-refractivity contribution in [2.45, 2.75) is 38.5 Å². The third kappa shape index (κ3) is 4.63. The summed E-state index contributed by atoms with van der Waals surface area (Å²) in [5, 5.41) is 21.0. The molecule has 0 aromatic carbocycles. The van der Waals surface area contributed by atoms with Crippen LogP contribution in [0.3, 0.4) is 0 Å². The predicted molar refractivity (Wildman–Crippen MR) is 60.3 cm³/mol. The van der Waals surface area contributed by atoms with E-state index >= 15 is 0 Å². The molecule has 0 bridgehead atoms. The van der Waals surface area contributed by atoms with E-state index in [9.17, 15) is 5.11 Å². The summed E-state index contributed by atoms with van der Waals surface area (Å²) in [7, 11) is 0. The maximum Gasteiger partial charge on any atom is 0.0622 e. The Morgan fingerprint density at radius 1 is 1.27 bits per heavy atom. The Hall–Kier alpha value is -0.590. The van der Waals surface area contributed by atoms with Crippen LogP contribution in [0.15, 0.2) is 0 Å². The lowest BCUT2D eigenvalue weighted by Gasteiger charge is -2.30. The Balaban J connectivity index is 2.10. The van der Waals surface area contributed by atoms with E-state index in [0.29, 0.717) is 24.9 Å². The topological polar surface area (TPSA) is 56.0 Å². The van der Waals surface area contributed by atoms with Crippen molar-refractivity contribution in [3.63, 3.8) is 0 Å². The third-order valence-corrected chi connectivity index (χ3v) is 3.35. The summed E-state index contributed by atoms with van der Waals surface area (Å²) < 4.78 is 0. The van der Waals surface area contributed by atoms with Crippen molar-refractivity contribution in [3.05, 3.63) is 0 Å². The number of nitrogens with zero attached hydrogens (tertiary/aromatic N) is 1. The minimum absolute atomic E-state index is 0.338. The zero-order valence-electron chi connectivity index (χ0n) is 9.41. The van der Waals surface area contributed by atoms with Crippen molar-refractivity contribution >= 4 is 0 Å². The second-order valence-electron chi connectivity index (χ2n) is 4.45. The molecular formula is C12H22N2O. The minimum atomic E-state index is 0.338. The van der Waals surface area contributed by atoms with Crippen molar-refractivity contribution in [3.8, 4) is 6.07 Å². The number of aliphatic hydroxyl groups excluding tert-OH is 1. The molecule has 2 unspecified atom stereocenters. The minimum Gasteiger partial charge on any atom is -0.396 e. The molecule has 15 heavy (non-hydrogen) atoms. The van der Waals surface area contributed by atoms with Gasteiger partial charge in [0.1, 0.15) is 0 Å². The van der Waals surface area contributed by atoms with Gasteiger partial charge < -0.3 is 10.4 Å². The molecule has 0 amide bonds. The van der Waals surface area contributed by atoms with E-state index in [0.717, 1.165) is 19.5 Å². The maximum atomic E-state index is 9.23. The van der Waals surface area contributed by atoms with Crippen LogP contribution in [0.5, 0.6) is 0 Å². The second-order valence-corrected chi connectivity index (χ2v) is 4.45. The smallest absolute Gasteiger partial charge is 0.0622 e. The normalized spacial score (nSPS) is 26.1. The van der Waals surface area contributed by atoms with Gasteiger partial charge in [-0.3, -0.25) is 0 Å². The molecule has 1 aliphatic carbocycles. The molecule has 0 aromatic rings. The van der Waals surface area contributed by atoms with E-state index in [4.69, 9.17) is 5.26 Å². The first-order chi connectivity index (χ1) is 7.38. The highest BCUT2D eigenvalue weighted by atomic mass is 16.3. The van der Waals surface area contributed by atoms with E-state index in [1.807, 2.05) is 0 Å². The van der Waals surface area contributed by atoms with Crippen LogP contribution in [-0.2, 0) is 0 Å². The van der Waals surface area contributed by atoms with Crippen molar-refractivity contribution in [2.75, 3.05) is 19.7 Å². The molecular weight excluding hydrogens is 188 g/mol. The Morgan fingerprint density at radius 3 is 2.67 bits per heavy atom. The van der Waals surface area contributed by atoms with E-state index in [1.165, 1.54) is 25.7 Å². The van der Waals surface area contributed by atoms with Gasteiger partial charge >= 0.3 is 0 Å². The highest BCUT2D eigenvalue weighted by Crippen LogP contribution is 2.28. The van der Waals surface area contributed by atoms with Crippen LogP contribution in [0.25, 0.3) is 0 Å². The predicted octanol–water partition coefficient (Wildman–Crippen LogP) is 1.68. The molecule has 3 nitrogen and oxygen atoms in total. The molecule has 0 aliphatic heterocycles. The fourth-order valence-electron chi connectivity index (χ4n) is 2.37. The number of hydrogen-bond donors (Lipinski definition) is 2.